The molecule has 4 aromatic heterocycles. The molecule has 1 unspecified atom stereocenters. The lowest BCUT2D eigenvalue weighted by molar-refractivity contribution is 0.303. The van der Waals surface area contributed by atoms with Crippen LogP contribution >= 0.6 is 22.7 Å². The van der Waals surface area contributed by atoms with E-state index in [1.165, 1.54) is 18.3 Å². The zero-order valence-electron chi connectivity index (χ0n) is 18.8. The minimum Gasteiger partial charge on any atom is -0.496 e. The smallest absolute Gasteiger partial charge is 0.212 e. The number of alkyl halides is 1. The third-order valence-electron chi connectivity index (χ3n) is 5.41. The summed E-state index contributed by atoms with van der Waals surface area (Å²) in [6.07, 6.45) is 0.595. The average Bonchev–Trinajstić information content (AvgIpc) is 3.65. The largest absolute Gasteiger partial charge is 0.496 e. The summed E-state index contributed by atoms with van der Waals surface area (Å²) < 4.78 is 32.8. The van der Waals surface area contributed by atoms with E-state index in [2.05, 4.69) is 10.1 Å². The number of ether oxygens (including phenoxy) is 2. The monoisotopic (exact) mass is 506 g/mol. The number of rotatable bonds is 7. The number of aromatic nitrogens is 4. The van der Waals surface area contributed by atoms with Crippen LogP contribution in [0.2, 0.25) is 0 Å². The van der Waals surface area contributed by atoms with Gasteiger partial charge in [0.15, 0.2) is 16.9 Å². The predicted molar refractivity (Wildman–Crippen MR) is 134 cm³/mol. The Morgan fingerprint density at radius 3 is 2.77 bits per heavy atom. The molecular formula is C25H19FN4O3S2. The molecule has 4 heterocycles. The van der Waals surface area contributed by atoms with Crippen molar-refractivity contribution in [1.82, 2.24) is 19.6 Å². The Hall–Kier alpha value is -3.76. The zero-order valence-corrected chi connectivity index (χ0v) is 20.4. The average molecular weight is 507 g/mol. The van der Waals surface area contributed by atoms with Gasteiger partial charge in [-0.05, 0) is 13.0 Å². The van der Waals surface area contributed by atoms with Crippen LogP contribution in [0.25, 0.3) is 38.0 Å². The second-order valence-corrected chi connectivity index (χ2v) is 9.70. The van der Waals surface area contributed by atoms with Crippen molar-refractivity contribution in [3.63, 3.8) is 0 Å². The van der Waals surface area contributed by atoms with Crippen molar-refractivity contribution in [2.45, 2.75) is 19.7 Å². The quantitative estimate of drug-likeness (QED) is 0.233. The van der Waals surface area contributed by atoms with E-state index in [-0.39, 0.29) is 0 Å². The lowest BCUT2D eigenvalue weighted by Gasteiger charge is -2.07. The summed E-state index contributed by atoms with van der Waals surface area (Å²) in [6, 6.07) is 15.6. The van der Waals surface area contributed by atoms with E-state index < -0.39 is 6.17 Å². The fourth-order valence-electron chi connectivity index (χ4n) is 3.68. The molecule has 10 heteroatoms. The van der Waals surface area contributed by atoms with Gasteiger partial charge in [0.2, 0.25) is 4.96 Å². The first-order valence-corrected chi connectivity index (χ1v) is 12.5. The first kappa shape index (κ1) is 21.8. The van der Waals surface area contributed by atoms with Gasteiger partial charge < -0.3 is 13.9 Å². The number of methoxy groups -OCH3 is 1. The highest BCUT2D eigenvalue weighted by Crippen LogP contribution is 2.38. The van der Waals surface area contributed by atoms with Gasteiger partial charge in [0.05, 0.1) is 24.4 Å². The van der Waals surface area contributed by atoms with Crippen molar-refractivity contribution in [3.05, 3.63) is 70.8 Å². The van der Waals surface area contributed by atoms with Gasteiger partial charge in [-0.25, -0.2) is 18.9 Å². The highest BCUT2D eigenvalue weighted by atomic mass is 32.1. The predicted octanol–water partition coefficient (Wildman–Crippen LogP) is 6.95. The number of furan rings is 1. The molecule has 7 nitrogen and oxygen atoms in total. The highest BCUT2D eigenvalue weighted by Gasteiger charge is 2.18. The summed E-state index contributed by atoms with van der Waals surface area (Å²) in [4.78, 5) is 9.86. The fourth-order valence-corrected chi connectivity index (χ4v) is 5.30. The van der Waals surface area contributed by atoms with Crippen LogP contribution in [0.5, 0.6) is 11.5 Å². The first-order chi connectivity index (χ1) is 17.1. The molecular weight excluding hydrogens is 487 g/mol. The third-order valence-corrected chi connectivity index (χ3v) is 7.42. The van der Waals surface area contributed by atoms with Gasteiger partial charge in [-0.15, -0.1) is 11.3 Å². The molecule has 1 atom stereocenters. The fraction of sp³-hybridized carbons (Fsp3) is 0.160. The van der Waals surface area contributed by atoms with E-state index in [1.807, 2.05) is 53.9 Å². The second kappa shape index (κ2) is 8.79. The van der Waals surface area contributed by atoms with Crippen molar-refractivity contribution in [3.8, 4) is 33.5 Å². The Morgan fingerprint density at radius 1 is 1.14 bits per heavy atom. The van der Waals surface area contributed by atoms with Crippen molar-refractivity contribution in [2.24, 2.45) is 0 Å². The summed E-state index contributed by atoms with van der Waals surface area (Å²) in [5, 5.41) is 8.38. The molecule has 176 valence electrons. The molecule has 0 N–H and O–H groups in total. The van der Waals surface area contributed by atoms with Crippen LogP contribution in [0.3, 0.4) is 0 Å². The maximum absolute atomic E-state index is 13.6. The van der Waals surface area contributed by atoms with Crippen LogP contribution in [-0.2, 0) is 6.61 Å². The Morgan fingerprint density at radius 2 is 2.00 bits per heavy atom. The number of halogens is 1. The van der Waals surface area contributed by atoms with Crippen molar-refractivity contribution >= 4 is 38.6 Å². The maximum atomic E-state index is 13.6. The minimum atomic E-state index is -1.13. The molecule has 0 saturated carbocycles. The second-order valence-electron chi connectivity index (χ2n) is 7.86. The van der Waals surface area contributed by atoms with Crippen LogP contribution in [0.1, 0.15) is 23.8 Å². The van der Waals surface area contributed by atoms with Gasteiger partial charge in [0.25, 0.3) is 0 Å². The maximum Gasteiger partial charge on any atom is 0.212 e. The Balaban J connectivity index is 1.29. The van der Waals surface area contributed by atoms with Crippen LogP contribution in [0.4, 0.5) is 4.39 Å². The van der Waals surface area contributed by atoms with E-state index in [1.54, 1.807) is 29.2 Å². The number of hydrogen-bond donors (Lipinski definition) is 0. The van der Waals surface area contributed by atoms with Crippen LogP contribution in [-0.4, -0.2) is 26.7 Å². The van der Waals surface area contributed by atoms with Gasteiger partial charge in [0, 0.05) is 23.1 Å². The summed E-state index contributed by atoms with van der Waals surface area (Å²) in [5.41, 5.74) is 3.14. The number of nitrogens with zero attached hydrogens (tertiary/aromatic N) is 4. The number of benzene rings is 2. The van der Waals surface area contributed by atoms with Crippen molar-refractivity contribution in [1.29, 1.82) is 0 Å². The molecule has 0 saturated heterocycles. The van der Waals surface area contributed by atoms with Gasteiger partial charge in [0.1, 0.15) is 34.4 Å². The third kappa shape index (κ3) is 4.15. The van der Waals surface area contributed by atoms with E-state index in [0.717, 1.165) is 21.7 Å². The number of fused-ring (bicyclic) bond motifs is 2. The number of imidazole rings is 1. The van der Waals surface area contributed by atoms with Gasteiger partial charge in [-0.3, -0.25) is 0 Å². The van der Waals surface area contributed by atoms with E-state index in [9.17, 15) is 4.39 Å². The van der Waals surface area contributed by atoms with Crippen LogP contribution in [0.15, 0.2) is 64.5 Å². The first-order valence-electron chi connectivity index (χ1n) is 10.8. The summed E-state index contributed by atoms with van der Waals surface area (Å²) in [6.45, 7) is 1.77. The van der Waals surface area contributed by atoms with E-state index in [0.29, 0.717) is 45.1 Å². The molecule has 0 amide bonds. The molecule has 35 heavy (non-hydrogen) atoms. The van der Waals surface area contributed by atoms with Crippen molar-refractivity contribution < 1.29 is 18.3 Å². The molecule has 0 radical (unpaired) electrons. The van der Waals surface area contributed by atoms with Gasteiger partial charge in [-0.2, -0.15) is 5.10 Å². The molecule has 0 aliphatic rings. The molecule has 2 aromatic carbocycles. The number of thiazole rings is 1. The molecule has 0 spiro atoms. The Kier molecular flexibility index (Phi) is 5.46. The molecule has 0 aliphatic heterocycles. The normalized spacial score (nSPS) is 12.4. The van der Waals surface area contributed by atoms with Crippen LogP contribution in [0, 0.1) is 0 Å². The molecule has 6 rings (SSSR count). The van der Waals surface area contributed by atoms with Gasteiger partial charge in [-0.1, -0.05) is 41.7 Å². The summed E-state index contributed by atoms with van der Waals surface area (Å²) in [7, 11) is 1.60. The molecule has 0 bridgehead atoms. The molecule has 0 aliphatic carbocycles. The topological polar surface area (TPSA) is 74.7 Å². The van der Waals surface area contributed by atoms with Crippen LogP contribution < -0.4 is 9.47 Å². The standard InChI is InChI=1S/C25H19FN4O3S2/c1-14(26)23-29-30-11-19(28-25(30)35-23)22-10-18-20(8-17(31-2)9-21(18)33-22)32-12-16-13-34-24(27-16)15-6-4-3-5-7-15/h3-11,13-14H,12H2,1-2H3. The lowest BCUT2D eigenvalue weighted by atomic mass is 10.2. The molecule has 6 aromatic rings. The highest BCUT2D eigenvalue weighted by molar-refractivity contribution is 7.16. The minimum absolute atomic E-state index is 0.306. The van der Waals surface area contributed by atoms with Gasteiger partial charge >= 0.3 is 0 Å². The summed E-state index contributed by atoms with van der Waals surface area (Å²) >= 11 is 2.80. The van der Waals surface area contributed by atoms with Crippen molar-refractivity contribution in [2.75, 3.05) is 7.11 Å². The number of hydrogen-bond acceptors (Lipinski definition) is 8. The van der Waals surface area contributed by atoms with E-state index in [4.69, 9.17) is 18.9 Å². The van der Waals surface area contributed by atoms with E-state index >= 15 is 0 Å². The Labute approximate surface area is 207 Å². The molecule has 0 fully saturated rings. The lowest BCUT2D eigenvalue weighted by Crippen LogP contribution is -1.96. The zero-order chi connectivity index (χ0) is 23.9. The summed E-state index contributed by atoms with van der Waals surface area (Å²) in [5.74, 6) is 1.80. The Bertz CT molecular complexity index is 1600. The SMILES string of the molecule is COc1cc(OCc2csc(-c3ccccc3)n2)c2cc(-c3cn4nc(C(C)F)sc4n3)oc2c1.